The summed E-state index contributed by atoms with van der Waals surface area (Å²) in [5.74, 6) is -1.14. The fourth-order valence-corrected chi connectivity index (χ4v) is 2.25. The molecule has 1 saturated carbocycles. The Balaban J connectivity index is 2.75. The zero-order valence-corrected chi connectivity index (χ0v) is 11.0. The van der Waals surface area contributed by atoms with Crippen LogP contribution in [0, 0.1) is 5.92 Å². The number of rotatable bonds is 7. The number of hydrogen-bond acceptors (Lipinski definition) is 4. The van der Waals surface area contributed by atoms with E-state index in [9.17, 15) is 9.59 Å². The molecule has 1 atom stereocenters. The molecule has 1 rings (SSSR count). The van der Waals surface area contributed by atoms with Crippen LogP contribution in [0.1, 0.15) is 46.0 Å². The van der Waals surface area contributed by atoms with Crippen molar-refractivity contribution in [3.63, 3.8) is 0 Å². The van der Waals surface area contributed by atoms with Crippen LogP contribution < -0.4 is 0 Å². The maximum absolute atomic E-state index is 12.4. The molecule has 1 aliphatic rings. The molecule has 98 valence electrons. The number of methoxy groups -OCH3 is 1. The largest absolute Gasteiger partial charge is 0.465 e. The van der Waals surface area contributed by atoms with Gasteiger partial charge in [0, 0.05) is 7.11 Å². The van der Waals surface area contributed by atoms with E-state index in [1.165, 1.54) is 0 Å². The molecule has 0 aromatic rings. The number of carbonyl (C=O) groups excluding carboxylic acids is 2. The van der Waals surface area contributed by atoms with Gasteiger partial charge >= 0.3 is 5.97 Å². The normalized spacial score (nSPS) is 19.2. The lowest BCUT2D eigenvalue weighted by atomic mass is 9.72. The van der Waals surface area contributed by atoms with E-state index >= 15 is 0 Å². The molecule has 0 amide bonds. The van der Waals surface area contributed by atoms with E-state index in [0.29, 0.717) is 13.0 Å². The van der Waals surface area contributed by atoms with Gasteiger partial charge in [-0.15, -0.1) is 0 Å². The zero-order valence-electron chi connectivity index (χ0n) is 11.0. The summed E-state index contributed by atoms with van der Waals surface area (Å²) < 4.78 is 10.3. The van der Waals surface area contributed by atoms with Gasteiger partial charge in [-0.25, -0.2) is 0 Å². The Kier molecular flexibility index (Phi) is 5.12. The Morgan fingerprint density at radius 1 is 1.29 bits per heavy atom. The van der Waals surface area contributed by atoms with Gasteiger partial charge in [0.15, 0.2) is 5.78 Å². The topological polar surface area (TPSA) is 52.6 Å². The lowest BCUT2D eigenvalue weighted by Crippen LogP contribution is -2.51. The van der Waals surface area contributed by atoms with Crippen molar-refractivity contribution in [3.8, 4) is 0 Å². The fourth-order valence-electron chi connectivity index (χ4n) is 2.25. The second-order valence-corrected chi connectivity index (χ2v) is 4.51. The van der Waals surface area contributed by atoms with Crippen LogP contribution in [0.3, 0.4) is 0 Å². The minimum absolute atomic E-state index is 0.0912. The highest BCUT2D eigenvalue weighted by Gasteiger charge is 2.48. The third-order valence-electron chi connectivity index (χ3n) is 3.47. The van der Waals surface area contributed by atoms with Gasteiger partial charge in [0.2, 0.25) is 0 Å². The highest BCUT2D eigenvalue weighted by atomic mass is 16.5. The molecule has 0 bridgehead atoms. The van der Waals surface area contributed by atoms with E-state index in [2.05, 4.69) is 0 Å². The summed E-state index contributed by atoms with van der Waals surface area (Å²) >= 11 is 0. The molecule has 0 radical (unpaired) electrons. The second kappa shape index (κ2) is 6.15. The Morgan fingerprint density at radius 3 is 2.29 bits per heavy atom. The van der Waals surface area contributed by atoms with Gasteiger partial charge in [0.25, 0.3) is 0 Å². The van der Waals surface area contributed by atoms with E-state index in [4.69, 9.17) is 9.47 Å². The molecule has 0 N–H and O–H groups in total. The van der Waals surface area contributed by atoms with Crippen LogP contribution in [-0.2, 0) is 19.1 Å². The summed E-state index contributed by atoms with van der Waals surface area (Å²) in [5.41, 5.74) is -0.716. The van der Waals surface area contributed by atoms with Crippen LogP contribution in [0.25, 0.3) is 0 Å². The minimum Gasteiger partial charge on any atom is -0.465 e. The molecule has 17 heavy (non-hydrogen) atoms. The van der Waals surface area contributed by atoms with Crippen molar-refractivity contribution in [2.45, 2.75) is 51.6 Å². The van der Waals surface area contributed by atoms with Gasteiger partial charge in [-0.3, -0.25) is 9.59 Å². The van der Waals surface area contributed by atoms with Gasteiger partial charge in [0.1, 0.15) is 11.5 Å². The highest BCUT2D eigenvalue weighted by Crippen LogP contribution is 2.38. The molecule has 0 spiro atoms. The third-order valence-corrected chi connectivity index (χ3v) is 3.47. The van der Waals surface area contributed by atoms with Crippen molar-refractivity contribution in [2.24, 2.45) is 5.92 Å². The minimum atomic E-state index is -0.716. The highest BCUT2D eigenvalue weighted by molar-refractivity contribution is 6.03. The number of ketones is 1. The smallest absolute Gasteiger partial charge is 0.316 e. The van der Waals surface area contributed by atoms with Crippen molar-refractivity contribution < 1.29 is 19.1 Å². The lowest BCUT2D eigenvalue weighted by molar-refractivity contribution is -0.166. The molecule has 4 nitrogen and oxygen atoms in total. The van der Waals surface area contributed by atoms with Crippen molar-refractivity contribution in [1.29, 1.82) is 0 Å². The molecule has 0 aromatic heterocycles. The first-order valence-corrected chi connectivity index (χ1v) is 6.37. The number of carbonyl (C=O) groups is 2. The van der Waals surface area contributed by atoms with E-state index in [1.54, 1.807) is 14.0 Å². The predicted octanol–water partition coefficient (Wildman–Crippen LogP) is 2.10. The van der Waals surface area contributed by atoms with Crippen LogP contribution in [0.2, 0.25) is 0 Å². The molecule has 1 fully saturated rings. The molecule has 1 aliphatic carbocycles. The summed E-state index contributed by atoms with van der Waals surface area (Å²) in [5, 5.41) is 0. The summed E-state index contributed by atoms with van der Waals surface area (Å²) in [4.78, 5) is 24.1. The van der Waals surface area contributed by atoms with E-state index in [-0.39, 0.29) is 5.78 Å². The third kappa shape index (κ3) is 2.86. The average Bonchev–Trinajstić information content (AvgIpc) is 2.25. The van der Waals surface area contributed by atoms with Gasteiger partial charge in [-0.05, 0) is 32.6 Å². The lowest BCUT2D eigenvalue weighted by Gasteiger charge is -2.40. The maximum atomic E-state index is 12.4. The summed E-state index contributed by atoms with van der Waals surface area (Å²) in [6.45, 7) is 4.02. The molecule has 4 heteroatoms. The van der Waals surface area contributed by atoms with Crippen molar-refractivity contribution in [2.75, 3.05) is 13.7 Å². The van der Waals surface area contributed by atoms with Gasteiger partial charge in [-0.2, -0.15) is 0 Å². The van der Waals surface area contributed by atoms with Crippen LogP contribution >= 0.6 is 0 Å². The van der Waals surface area contributed by atoms with Crippen molar-refractivity contribution in [1.82, 2.24) is 0 Å². The number of esters is 1. The molecular weight excluding hydrogens is 220 g/mol. The first-order chi connectivity index (χ1) is 8.11. The number of ether oxygens (including phenoxy) is 2. The van der Waals surface area contributed by atoms with Crippen LogP contribution in [-0.4, -0.2) is 31.1 Å². The Labute approximate surface area is 103 Å². The molecule has 0 saturated heterocycles. The molecule has 0 aromatic carbocycles. The first-order valence-electron chi connectivity index (χ1n) is 6.37. The monoisotopic (exact) mass is 242 g/mol. The van der Waals surface area contributed by atoms with E-state index in [0.717, 1.165) is 25.7 Å². The van der Waals surface area contributed by atoms with Crippen molar-refractivity contribution in [3.05, 3.63) is 0 Å². The Morgan fingerprint density at radius 2 is 1.94 bits per heavy atom. The van der Waals surface area contributed by atoms with Gasteiger partial charge in [0.05, 0.1) is 6.61 Å². The Hall–Kier alpha value is -0.900. The fraction of sp³-hybridized carbons (Fsp3) is 0.846. The van der Waals surface area contributed by atoms with Crippen LogP contribution in [0.5, 0.6) is 0 Å². The quantitative estimate of drug-likeness (QED) is 0.507. The molecular formula is C13H22O4. The predicted molar refractivity (Wildman–Crippen MR) is 63.6 cm³/mol. The SMILES string of the molecule is CCCC(C(=O)OCC)C(=O)C1(OC)CCC1. The van der Waals surface area contributed by atoms with E-state index < -0.39 is 17.5 Å². The zero-order chi connectivity index (χ0) is 12.9. The first kappa shape index (κ1) is 14.2. The van der Waals surface area contributed by atoms with Crippen molar-refractivity contribution >= 4 is 11.8 Å². The molecule has 0 aliphatic heterocycles. The summed E-state index contributed by atoms with van der Waals surface area (Å²) in [7, 11) is 1.55. The summed E-state index contributed by atoms with van der Waals surface area (Å²) in [6.07, 6.45) is 3.77. The average molecular weight is 242 g/mol. The molecule has 1 unspecified atom stereocenters. The summed E-state index contributed by atoms with van der Waals surface area (Å²) in [6, 6.07) is 0. The maximum Gasteiger partial charge on any atom is 0.316 e. The Bertz CT molecular complexity index is 276. The second-order valence-electron chi connectivity index (χ2n) is 4.51. The van der Waals surface area contributed by atoms with Crippen LogP contribution in [0.4, 0.5) is 0 Å². The standard InChI is InChI=1S/C13H22O4/c1-4-7-10(12(15)17-5-2)11(14)13(16-3)8-6-9-13/h10H,4-9H2,1-3H3. The van der Waals surface area contributed by atoms with Gasteiger partial charge < -0.3 is 9.47 Å². The van der Waals surface area contributed by atoms with E-state index in [1.807, 2.05) is 6.92 Å². The number of hydrogen-bond donors (Lipinski definition) is 0. The van der Waals surface area contributed by atoms with Crippen LogP contribution in [0.15, 0.2) is 0 Å². The molecule has 0 heterocycles. The van der Waals surface area contributed by atoms with Gasteiger partial charge in [-0.1, -0.05) is 13.3 Å². The number of Topliss-reactive ketones (excluding diaryl/α,β-unsaturated/α-hetero) is 1.